The average molecular weight is 380 g/mol. The van der Waals surface area contributed by atoms with Crippen molar-refractivity contribution < 1.29 is 14.5 Å². The lowest BCUT2D eigenvalue weighted by Gasteiger charge is -2.20. The van der Waals surface area contributed by atoms with E-state index in [2.05, 4.69) is 5.10 Å². The van der Waals surface area contributed by atoms with Crippen LogP contribution in [0.1, 0.15) is 24.3 Å². The number of nitrogens with zero attached hydrogens (tertiary/aromatic N) is 3. The van der Waals surface area contributed by atoms with Gasteiger partial charge in [0.1, 0.15) is 0 Å². The van der Waals surface area contributed by atoms with Crippen LogP contribution in [-0.4, -0.2) is 21.7 Å². The molecule has 2 aromatic carbocycles. The maximum absolute atomic E-state index is 11.9. The molecule has 0 bridgehead atoms. The van der Waals surface area contributed by atoms with Crippen molar-refractivity contribution in [3.8, 4) is 0 Å². The van der Waals surface area contributed by atoms with Crippen LogP contribution < -0.4 is 0 Å². The van der Waals surface area contributed by atoms with Crippen molar-refractivity contribution in [3.05, 3.63) is 73.8 Å². The highest BCUT2D eigenvalue weighted by Gasteiger charge is 2.35. The zero-order valence-electron chi connectivity index (χ0n) is 12.8. The fourth-order valence-corrected chi connectivity index (χ4v) is 2.75. The lowest BCUT2D eigenvalue weighted by molar-refractivity contribution is -0.384. The summed E-state index contributed by atoms with van der Waals surface area (Å²) in [5.41, 5.74) is 0.733. The molecule has 0 radical (unpaired) electrons. The molecule has 0 N–H and O–H groups in total. The molecule has 0 unspecified atom stereocenters. The van der Waals surface area contributed by atoms with E-state index in [4.69, 9.17) is 27.9 Å². The first-order valence-electron chi connectivity index (χ1n) is 7.12. The molecule has 25 heavy (non-hydrogen) atoms. The molecule has 1 atom stereocenters. The molecule has 1 amide bonds. The van der Waals surface area contributed by atoms with Crippen molar-refractivity contribution in [1.82, 2.24) is 5.01 Å². The van der Waals surface area contributed by atoms with Gasteiger partial charge in [0.25, 0.3) is 5.69 Å². The Hall–Kier alpha value is -2.64. The van der Waals surface area contributed by atoms with Crippen molar-refractivity contribution in [2.75, 3.05) is 0 Å². The van der Waals surface area contributed by atoms with E-state index in [0.717, 1.165) is 5.01 Å². The first kappa shape index (κ1) is 17.2. The van der Waals surface area contributed by atoms with Crippen LogP contribution in [0.15, 0.2) is 47.6 Å². The van der Waals surface area contributed by atoms with Gasteiger partial charge < -0.3 is 4.74 Å². The molecule has 0 saturated heterocycles. The second-order valence-electron chi connectivity index (χ2n) is 5.19. The zero-order chi connectivity index (χ0) is 18.1. The van der Waals surface area contributed by atoms with Gasteiger partial charge in [-0.15, -0.1) is 5.10 Å². The summed E-state index contributed by atoms with van der Waals surface area (Å²) < 4.78 is 5.77. The normalized spacial score (nSPS) is 16.4. The minimum Gasteiger partial charge on any atom is -0.446 e. The molecule has 0 fully saturated rings. The third-order valence-electron chi connectivity index (χ3n) is 3.52. The van der Waals surface area contributed by atoms with Crippen LogP contribution in [0.2, 0.25) is 10.0 Å². The van der Waals surface area contributed by atoms with Gasteiger partial charge in [-0.2, -0.15) is 5.01 Å². The van der Waals surface area contributed by atoms with E-state index in [1.165, 1.54) is 25.1 Å². The molecule has 2 aromatic rings. The van der Waals surface area contributed by atoms with Crippen LogP contribution in [0.3, 0.4) is 0 Å². The highest BCUT2D eigenvalue weighted by atomic mass is 35.5. The minimum atomic E-state index is -0.905. The molecular formula is C16H11Cl2N3O4. The van der Waals surface area contributed by atoms with Crippen molar-refractivity contribution in [3.63, 3.8) is 0 Å². The van der Waals surface area contributed by atoms with E-state index in [1.54, 1.807) is 24.3 Å². The Bertz CT molecular complexity index is 901. The monoisotopic (exact) mass is 379 g/mol. The number of hydrogen-bond donors (Lipinski definition) is 0. The van der Waals surface area contributed by atoms with E-state index >= 15 is 0 Å². The molecule has 9 heteroatoms. The smallest absolute Gasteiger partial charge is 0.270 e. The molecule has 1 heterocycles. The van der Waals surface area contributed by atoms with Crippen LogP contribution in [0.5, 0.6) is 0 Å². The molecule has 0 aliphatic carbocycles. The predicted octanol–water partition coefficient (Wildman–Crippen LogP) is 4.14. The first-order chi connectivity index (χ1) is 11.9. The van der Waals surface area contributed by atoms with E-state index in [0.29, 0.717) is 16.1 Å². The average Bonchev–Trinajstić information content (AvgIpc) is 3.03. The second-order valence-corrected chi connectivity index (χ2v) is 5.97. The summed E-state index contributed by atoms with van der Waals surface area (Å²) in [6, 6.07) is 10.7. The van der Waals surface area contributed by atoms with Crippen molar-refractivity contribution in [1.29, 1.82) is 0 Å². The number of carbonyl (C=O) groups is 1. The molecule has 7 nitrogen and oxygen atoms in total. The van der Waals surface area contributed by atoms with Gasteiger partial charge in [-0.3, -0.25) is 14.9 Å². The Morgan fingerprint density at radius 2 is 2.00 bits per heavy atom. The Kier molecular flexibility index (Phi) is 4.61. The second kappa shape index (κ2) is 6.70. The van der Waals surface area contributed by atoms with Gasteiger partial charge in [0, 0.05) is 30.2 Å². The molecule has 3 rings (SSSR count). The molecule has 1 aliphatic rings. The number of nitro groups is 1. The summed E-state index contributed by atoms with van der Waals surface area (Å²) in [6.07, 6.45) is -0.905. The summed E-state index contributed by atoms with van der Waals surface area (Å²) in [4.78, 5) is 22.3. The number of nitro benzene ring substituents is 1. The van der Waals surface area contributed by atoms with E-state index in [-0.39, 0.29) is 22.5 Å². The fourth-order valence-electron chi connectivity index (χ4n) is 2.35. The number of non-ortho nitro benzene ring substituents is 1. The lowest BCUT2D eigenvalue weighted by Crippen LogP contribution is -2.25. The maximum Gasteiger partial charge on any atom is 0.270 e. The number of amides is 1. The van der Waals surface area contributed by atoms with Crippen molar-refractivity contribution in [2.45, 2.75) is 13.2 Å². The summed E-state index contributed by atoms with van der Waals surface area (Å²) in [5.74, 6) is -0.290. The molecule has 0 spiro atoms. The number of ether oxygens (including phenoxy) is 1. The van der Waals surface area contributed by atoms with E-state index in [9.17, 15) is 14.9 Å². The van der Waals surface area contributed by atoms with Gasteiger partial charge in [-0.05, 0) is 12.1 Å². The predicted molar refractivity (Wildman–Crippen MR) is 92.4 cm³/mol. The number of carbonyl (C=O) groups excluding carboxylic acids is 1. The standard InChI is InChI=1S/C16H11Cl2N3O4/c1-9(22)20-16(12-6-3-7-13(17)14(12)18)25-15(19-20)10-4-2-5-11(8-10)21(23)24/h2-8,16H,1H3/t16-/m0/s1. The number of hydrazone groups is 1. The highest BCUT2D eigenvalue weighted by molar-refractivity contribution is 6.42. The van der Waals surface area contributed by atoms with E-state index in [1.807, 2.05) is 0 Å². The van der Waals surface area contributed by atoms with Crippen molar-refractivity contribution in [2.24, 2.45) is 5.10 Å². The Morgan fingerprint density at radius 1 is 1.28 bits per heavy atom. The Labute approximate surface area is 152 Å². The first-order valence-corrected chi connectivity index (χ1v) is 7.88. The largest absolute Gasteiger partial charge is 0.446 e. The fraction of sp³-hybridized carbons (Fsp3) is 0.125. The van der Waals surface area contributed by atoms with Gasteiger partial charge in [-0.1, -0.05) is 41.4 Å². The Morgan fingerprint density at radius 3 is 2.68 bits per heavy atom. The summed E-state index contributed by atoms with van der Waals surface area (Å²) in [5, 5.41) is 16.8. The zero-order valence-corrected chi connectivity index (χ0v) is 14.4. The Balaban J connectivity index is 2.00. The van der Waals surface area contributed by atoms with Gasteiger partial charge in [0.15, 0.2) is 0 Å². The van der Waals surface area contributed by atoms with Gasteiger partial charge in [0.2, 0.25) is 18.0 Å². The minimum absolute atomic E-state index is 0.0833. The van der Waals surface area contributed by atoms with Crippen LogP contribution >= 0.6 is 23.2 Å². The third-order valence-corrected chi connectivity index (χ3v) is 4.35. The number of halogens is 2. The van der Waals surface area contributed by atoms with Gasteiger partial charge >= 0.3 is 0 Å². The number of hydrogen-bond acceptors (Lipinski definition) is 5. The molecule has 0 aromatic heterocycles. The van der Waals surface area contributed by atoms with Gasteiger partial charge in [-0.25, -0.2) is 0 Å². The third kappa shape index (κ3) is 3.29. The number of rotatable bonds is 3. The maximum atomic E-state index is 11.9. The SMILES string of the molecule is CC(=O)N1N=C(c2cccc([N+](=O)[O-])c2)O[C@H]1c1cccc(Cl)c1Cl. The van der Waals surface area contributed by atoms with Crippen molar-refractivity contribution >= 4 is 40.7 Å². The lowest BCUT2D eigenvalue weighted by atomic mass is 10.2. The highest BCUT2D eigenvalue weighted by Crippen LogP contribution is 2.37. The summed E-state index contributed by atoms with van der Waals surface area (Å²) >= 11 is 12.2. The summed E-state index contributed by atoms with van der Waals surface area (Å²) in [7, 11) is 0. The quantitative estimate of drug-likeness (QED) is 0.592. The van der Waals surface area contributed by atoms with Crippen LogP contribution in [-0.2, 0) is 9.53 Å². The number of benzene rings is 2. The molecule has 0 saturated carbocycles. The van der Waals surface area contributed by atoms with E-state index < -0.39 is 11.2 Å². The molecule has 128 valence electrons. The molecule has 1 aliphatic heterocycles. The topological polar surface area (TPSA) is 85.0 Å². The molecular weight excluding hydrogens is 369 g/mol. The van der Waals surface area contributed by atoms with Crippen LogP contribution in [0, 0.1) is 10.1 Å². The van der Waals surface area contributed by atoms with Crippen LogP contribution in [0.4, 0.5) is 5.69 Å². The summed E-state index contributed by atoms with van der Waals surface area (Å²) in [6.45, 7) is 1.33. The van der Waals surface area contributed by atoms with Gasteiger partial charge in [0.05, 0.1) is 15.0 Å². The van der Waals surface area contributed by atoms with Crippen LogP contribution in [0.25, 0.3) is 0 Å².